The van der Waals surface area contributed by atoms with Crippen molar-refractivity contribution < 1.29 is 28.7 Å². The molecule has 1 heterocycles. The van der Waals surface area contributed by atoms with Crippen LogP contribution in [0, 0.1) is 19.7 Å². The van der Waals surface area contributed by atoms with Crippen molar-refractivity contribution in [1.82, 2.24) is 10.2 Å². The maximum Gasteiger partial charge on any atom is 0.323 e. The Balaban J connectivity index is 2.16. The highest BCUT2D eigenvalue weighted by atomic mass is 19.1. The first-order valence-electron chi connectivity index (χ1n) is 10.3. The Morgan fingerprint density at radius 3 is 2.52 bits per heavy atom. The molecule has 2 aromatic carbocycles. The number of anilines is 1. The Hall–Kier alpha value is -4.01. The van der Waals surface area contributed by atoms with Crippen molar-refractivity contribution in [2.45, 2.75) is 26.3 Å². The molecule has 0 saturated heterocycles. The number of carboxylic acids is 1. The molecule has 1 aliphatic heterocycles. The number of halogens is 1. The molecule has 8 nitrogen and oxygen atoms in total. The van der Waals surface area contributed by atoms with E-state index in [1.165, 1.54) is 36.4 Å². The van der Waals surface area contributed by atoms with Crippen molar-refractivity contribution in [1.29, 1.82) is 0 Å². The van der Waals surface area contributed by atoms with Crippen LogP contribution in [0.15, 0.2) is 48.7 Å². The number of carboxylic acid groups (broad SMARTS) is 1. The van der Waals surface area contributed by atoms with Gasteiger partial charge < -0.3 is 15.3 Å². The average molecular weight is 453 g/mol. The van der Waals surface area contributed by atoms with Gasteiger partial charge in [-0.1, -0.05) is 24.3 Å². The summed E-state index contributed by atoms with van der Waals surface area (Å²) >= 11 is 0. The lowest BCUT2D eigenvalue weighted by molar-refractivity contribution is -0.137. The fourth-order valence-corrected chi connectivity index (χ4v) is 3.74. The van der Waals surface area contributed by atoms with Crippen LogP contribution in [0.3, 0.4) is 0 Å². The minimum atomic E-state index is -1.52. The molecule has 3 rings (SSSR count). The van der Waals surface area contributed by atoms with Gasteiger partial charge in [0.15, 0.2) is 11.8 Å². The van der Waals surface area contributed by atoms with Gasteiger partial charge in [0.05, 0.1) is 12.1 Å². The lowest BCUT2D eigenvalue weighted by atomic mass is 9.94. The molecule has 2 aromatic rings. The summed E-state index contributed by atoms with van der Waals surface area (Å²) in [5, 5.41) is 11.3. The second-order valence-electron chi connectivity index (χ2n) is 7.70. The molecule has 1 unspecified atom stereocenters. The Bertz CT molecular complexity index is 1160. The second kappa shape index (κ2) is 9.64. The van der Waals surface area contributed by atoms with Gasteiger partial charge in [0.1, 0.15) is 5.82 Å². The smallest absolute Gasteiger partial charge is 0.323 e. The van der Waals surface area contributed by atoms with Gasteiger partial charge in [-0.3, -0.25) is 19.3 Å². The highest BCUT2D eigenvalue weighted by Crippen LogP contribution is 2.36. The number of aryl methyl sites for hydroxylation is 1. The van der Waals surface area contributed by atoms with Crippen LogP contribution in [0.1, 0.15) is 17.5 Å². The average Bonchev–Trinajstić information content (AvgIpc) is 2.76. The van der Waals surface area contributed by atoms with E-state index in [1.54, 1.807) is 19.1 Å². The van der Waals surface area contributed by atoms with Crippen LogP contribution >= 0.6 is 0 Å². The van der Waals surface area contributed by atoms with Crippen molar-refractivity contribution in [3.63, 3.8) is 0 Å². The number of hydrogen-bond acceptors (Lipinski definition) is 4. The molecule has 3 amide bonds. The Kier molecular flexibility index (Phi) is 6.91. The van der Waals surface area contributed by atoms with E-state index in [2.05, 4.69) is 5.32 Å². The maximum atomic E-state index is 15.0. The number of aliphatic carboxylic acids is 1. The summed E-state index contributed by atoms with van der Waals surface area (Å²) in [6.45, 7) is 3.22. The summed E-state index contributed by atoms with van der Waals surface area (Å²) in [7, 11) is 1.45. The molecule has 0 fully saturated rings. The van der Waals surface area contributed by atoms with Crippen molar-refractivity contribution in [2.75, 3.05) is 18.5 Å². The number of carbonyl (C=O) groups is 4. The van der Waals surface area contributed by atoms with Crippen molar-refractivity contribution in [3.8, 4) is 11.1 Å². The molecular formula is C24H24FN3O5. The maximum absolute atomic E-state index is 15.0. The Morgan fingerprint density at radius 2 is 1.85 bits per heavy atom. The lowest BCUT2D eigenvalue weighted by Gasteiger charge is -2.34. The normalized spacial score (nSPS) is 15.5. The molecule has 0 spiro atoms. The molecule has 0 aromatic heterocycles. The molecule has 172 valence electrons. The van der Waals surface area contributed by atoms with Crippen LogP contribution in [-0.2, 0) is 14.4 Å². The van der Waals surface area contributed by atoms with E-state index >= 15 is 0 Å². The molecule has 0 bridgehead atoms. The predicted octanol–water partition coefficient (Wildman–Crippen LogP) is 3.02. The predicted molar refractivity (Wildman–Crippen MR) is 120 cm³/mol. The van der Waals surface area contributed by atoms with Crippen LogP contribution < -0.4 is 10.2 Å². The molecular weight excluding hydrogens is 429 g/mol. The first-order chi connectivity index (χ1) is 15.6. The van der Waals surface area contributed by atoms with Gasteiger partial charge in [0.25, 0.3) is 5.91 Å². The SMILES string of the molecule is Cc1ccccc1-c1c(F)ccc(N(C(=O)NCCC(=O)O)C2C(=O)C=CN(C)C2=O)c1C. The zero-order chi connectivity index (χ0) is 24.3. The number of hydrogen-bond donors (Lipinski definition) is 2. The van der Waals surface area contributed by atoms with Gasteiger partial charge in [-0.05, 0) is 42.7 Å². The van der Waals surface area contributed by atoms with E-state index in [0.717, 1.165) is 10.5 Å². The van der Waals surface area contributed by atoms with E-state index in [1.807, 2.05) is 19.1 Å². The van der Waals surface area contributed by atoms with E-state index < -0.39 is 35.5 Å². The van der Waals surface area contributed by atoms with E-state index in [9.17, 15) is 23.6 Å². The standard InChI is InChI=1S/C24H24FN3O5/c1-14-6-4-5-7-16(14)21-15(2)18(9-8-17(21)25)28(24(33)26-12-10-20(30)31)22-19(29)11-13-27(3)23(22)32/h4-9,11,13,22H,10,12H2,1-3H3,(H,26,33)(H,30,31). The molecule has 1 atom stereocenters. The first-order valence-corrected chi connectivity index (χ1v) is 10.3. The number of likely N-dealkylation sites (N-methyl/N-ethyl adjacent to an activating group) is 1. The topological polar surface area (TPSA) is 107 Å². The van der Waals surface area contributed by atoms with Gasteiger partial charge >= 0.3 is 12.0 Å². The second-order valence-corrected chi connectivity index (χ2v) is 7.70. The van der Waals surface area contributed by atoms with Crippen molar-refractivity contribution in [2.24, 2.45) is 0 Å². The number of nitrogens with one attached hydrogen (secondary N) is 1. The third-order valence-electron chi connectivity index (χ3n) is 5.47. The lowest BCUT2D eigenvalue weighted by Crippen LogP contribution is -2.57. The first kappa shape index (κ1) is 23.6. The number of ketones is 1. The minimum Gasteiger partial charge on any atom is -0.481 e. The van der Waals surface area contributed by atoms with Crippen LogP contribution in [0.4, 0.5) is 14.9 Å². The summed E-state index contributed by atoms with van der Waals surface area (Å²) < 4.78 is 15.0. The summed E-state index contributed by atoms with van der Waals surface area (Å²) in [4.78, 5) is 51.8. The number of amides is 3. The van der Waals surface area contributed by atoms with Gasteiger partial charge in [-0.2, -0.15) is 0 Å². The molecule has 2 N–H and O–H groups in total. The van der Waals surface area contributed by atoms with Crippen LogP contribution in [0.5, 0.6) is 0 Å². The number of nitrogens with zero attached hydrogens (tertiary/aromatic N) is 2. The molecule has 0 aliphatic carbocycles. The molecule has 9 heteroatoms. The van der Waals surface area contributed by atoms with Crippen LogP contribution in [-0.4, -0.2) is 53.3 Å². The third kappa shape index (κ3) is 4.77. The summed E-state index contributed by atoms with van der Waals surface area (Å²) in [5.74, 6) is -2.89. The largest absolute Gasteiger partial charge is 0.481 e. The quantitative estimate of drug-likeness (QED) is 0.654. The number of carbonyl (C=O) groups excluding carboxylic acids is 3. The monoisotopic (exact) mass is 453 g/mol. The van der Waals surface area contributed by atoms with Gasteiger partial charge in [-0.25, -0.2) is 9.18 Å². The van der Waals surface area contributed by atoms with E-state index in [4.69, 9.17) is 5.11 Å². The molecule has 0 saturated carbocycles. The van der Waals surface area contributed by atoms with Gasteiger partial charge in [0.2, 0.25) is 0 Å². The summed E-state index contributed by atoms with van der Waals surface area (Å²) in [5.41, 5.74) is 2.18. The number of benzene rings is 2. The summed E-state index contributed by atoms with van der Waals surface area (Å²) in [6.07, 6.45) is 2.14. The van der Waals surface area contributed by atoms with E-state index in [-0.39, 0.29) is 24.2 Å². The number of urea groups is 1. The van der Waals surface area contributed by atoms with Crippen LogP contribution in [0.25, 0.3) is 11.1 Å². The highest BCUT2D eigenvalue weighted by molar-refractivity contribution is 6.19. The van der Waals surface area contributed by atoms with Crippen molar-refractivity contribution >= 4 is 29.4 Å². The molecule has 1 aliphatic rings. The van der Waals surface area contributed by atoms with Gasteiger partial charge in [0, 0.05) is 31.4 Å². The van der Waals surface area contributed by atoms with Crippen LogP contribution in [0.2, 0.25) is 0 Å². The Morgan fingerprint density at radius 1 is 1.15 bits per heavy atom. The number of rotatable bonds is 6. The molecule has 0 radical (unpaired) electrons. The Labute approximate surface area is 190 Å². The fourth-order valence-electron chi connectivity index (χ4n) is 3.74. The molecule has 33 heavy (non-hydrogen) atoms. The summed E-state index contributed by atoms with van der Waals surface area (Å²) in [6, 6.07) is 7.31. The highest BCUT2D eigenvalue weighted by Gasteiger charge is 2.40. The minimum absolute atomic E-state index is 0.165. The van der Waals surface area contributed by atoms with Crippen molar-refractivity contribution in [3.05, 3.63) is 65.6 Å². The zero-order valence-electron chi connectivity index (χ0n) is 18.5. The fraction of sp³-hybridized carbons (Fsp3) is 0.250. The van der Waals surface area contributed by atoms with Gasteiger partial charge in [-0.15, -0.1) is 0 Å². The van der Waals surface area contributed by atoms with E-state index in [0.29, 0.717) is 11.1 Å². The third-order valence-corrected chi connectivity index (χ3v) is 5.47. The zero-order valence-corrected chi connectivity index (χ0v) is 18.5.